The molecule has 0 radical (unpaired) electrons. The Morgan fingerprint density at radius 2 is 1.84 bits per heavy atom. The molecule has 166 valence electrons. The maximum Gasteiger partial charge on any atom is 0.416 e. The Balaban J connectivity index is 1.58. The molecule has 0 spiro atoms. The van der Waals surface area contributed by atoms with Crippen LogP contribution in [0.15, 0.2) is 58.0 Å². The van der Waals surface area contributed by atoms with Gasteiger partial charge >= 0.3 is 6.18 Å². The van der Waals surface area contributed by atoms with E-state index in [1.54, 1.807) is 6.92 Å². The average molecular weight is 553 g/mol. The number of anilines is 2. The molecule has 9 heteroatoms. The van der Waals surface area contributed by atoms with Gasteiger partial charge in [-0.15, -0.1) is 0 Å². The molecule has 0 atom stereocenters. The van der Waals surface area contributed by atoms with Gasteiger partial charge in [-0.05, 0) is 84.8 Å². The fourth-order valence-electron chi connectivity index (χ4n) is 3.61. The highest BCUT2D eigenvalue weighted by Gasteiger charge is 2.31. The molecule has 3 aromatic rings. The van der Waals surface area contributed by atoms with Gasteiger partial charge in [0.15, 0.2) is 5.76 Å². The fraction of sp³-hybridized carbons (Fsp3) is 0.217. The van der Waals surface area contributed by atoms with E-state index in [9.17, 15) is 18.0 Å². The van der Waals surface area contributed by atoms with Gasteiger partial charge in [-0.2, -0.15) is 18.3 Å². The number of benzene rings is 2. The predicted molar refractivity (Wildman–Crippen MR) is 125 cm³/mol. The molecule has 1 amide bonds. The number of alkyl halides is 3. The van der Waals surface area contributed by atoms with Crippen molar-refractivity contribution in [1.29, 1.82) is 0 Å². The second kappa shape index (κ2) is 8.97. The standard InChI is InChI=1S/C23H19F3IN3O2/c1-13-20-18(30-29-17-5-2-4-14(12-17)23(24,25)26)6-3-7-19(20)32-21(13)22(31)28-16-10-8-15(27)9-11-16/h2,4-5,8-12,29H,3,6-7H2,1H3,(H,28,31)/b30-18+. The third-order valence-electron chi connectivity index (χ3n) is 5.14. The molecule has 2 aromatic carbocycles. The highest BCUT2D eigenvalue weighted by atomic mass is 127. The summed E-state index contributed by atoms with van der Waals surface area (Å²) >= 11 is 2.19. The van der Waals surface area contributed by atoms with E-state index in [4.69, 9.17) is 4.42 Å². The number of rotatable bonds is 4. The summed E-state index contributed by atoms with van der Waals surface area (Å²) in [5.74, 6) is 0.511. The van der Waals surface area contributed by atoms with Crippen molar-refractivity contribution in [2.75, 3.05) is 10.7 Å². The van der Waals surface area contributed by atoms with E-state index >= 15 is 0 Å². The monoisotopic (exact) mass is 553 g/mol. The van der Waals surface area contributed by atoms with Crippen molar-refractivity contribution < 1.29 is 22.4 Å². The maximum absolute atomic E-state index is 13.0. The molecule has 0 saturated carbocycles. The molecule has 0 bridgehead atoms. The zero-order valence-corrected chi connectivity index (χ0v) is 19.2. The first-order chi connectivity index (χ1) is 15.2. The Kier molecular flexibility index (Phi) is 6.27. The average Bonchev–Trinajstić information content (AvgIpc) is 3.11. The molecule has 1 aromatic heterocycles. The van der Waals surface area contributed by atoms with Crippen LogP contribution in [0, 0.1) is 10.5 Å². The third kappa shape index (κ3) is 4.82. The van der Waals surface area contributed by atoms with E-state index in [2.05, 4.69) is 38.4 Å². The number of nitrogens with one attached hydrogen (secondary N) is 2. The quantitative estimate of drug-likeness (QED) is 0.282. The number of aryl methyl sites for hydroxylation is 1. The van der Waals surface area contributed by atoms with Crippen molar-refractivity contribution in [2.45, 2.75) is 32.4 Å². The third-order valence-corrected chi connectivity index (χ3v) is 5.86. The smallest absolute Gasteiger partial charge is 0.416 e. The molecule has 0 fully saturated rings. The molecule has 1 aliphatic carbocycles. The van der Waals surface area contributed by atoms with Gasteiger partial charge in [-0.25, -0.2) is 0 Å². The van der Waals surface area contributed by atoms with Crippen LogP contribution in [0.1, 0.15) is 45.8 Å². The molecule has 4 rings (SSSR count). The van der Waals surface area contributed by atoms with Crippen molar-refractivity contribution >= 4 is 45.6 Å². The number of amides is 1. The number of fused-ring (bicyclic) bond motifs is 1. The first-order valence-corrected chi connectivity index (χ1v) is 11.0. The molecule has 0 saturated heterocycles. The molecular weight excluding hydrogens is 534 g/mol. The Morgan fingerprint density at radius 3 is 2.56 bits per heavy atom. The Labute approximate surface area is 196 Å². The number of hydrogen-bond donors (Lipinski definition) is 2. The normalized spacial score (nSPS) is 14.8. The van der Waals surface area contributed by atoms with Gasteiger partial charge in [0.1, 0.15) is 5.76 Å². The summed E-state index contributed by atoms with van der Waals surface area (Å²) < 4.78 is 45.8. The van der Waals surface area contributed by atoms with Gasteiger partial charge in [0.05, 0.1) is 17.0 Å². The topological polar surface area (TPSA) is 66.6 Å². The molecule has 5 nitrogen and oxygen atoms in total. The van der Waals surface area contributed by atoms with Gasteiger partial charge in [0.25, 0.3) is 5.91 Å². The van der Waals surface area contributed by atoms with Crippen molar-refractivity contribution in [3.05, 3.63) is 80.3 Å². The summed E-state index contributed by atoms with van der Waals surface area (Å²) in [7, 11) is 0. The van der Waals surface area contributed by atoms with Gasteiger partial charge in [-0.1, -0.05) is 6.07 Å². The van der Waals surface area contributed by atoms with Crippen molar-refractivity contribution in [2.24, 2.45) is 5.10 Å². The largest absolute Gasteiger partial charge is 0.455 e. The predicted octanol–water partition coefficient (Wildman–Crippen LogP) is 6.62. The number of halogens is 4. The van der Waals surface area contributed by atoms with Crippen molar-refractivity contribution in [3.63, 3.8) is 0 Å². The van der Waals surface area contributed by atoms with E-state index in [-0.39, 0.29) is 17.4 Å². The lowest BCUT2D eigenvalue weighted by molar-refractivity contribution is -0.137. The summed E-state index contributed by atoms with van der Waals surface area (Å²) in [6.07, 6.45) is -2.38. The lowest BCUT2D eigenvalue weighted by atomic mass is 9.93. The number of carbonyl (C=O) groups is 1. The molecular formula is C23H19F3IN3O2. The van der Waals surface area contributed by atoms with Crippen LogP contribution in [-0.4, -0.2) is 11.6 Å². The Bertz CT molecular complexity index is 1180. The minimum Gasteiger partial charge on any atom is -0.455 e. The Hall–Kier alpha value is -2.82. The zero-order valence-electron chi connectivity index (χ0n) is 17.0. The summed E-state index contributed by atoms with van der Waals surface area (Å²) in [5, 5.41) is 7.18. The van der Waals surface area contributed by atoms with Gasteiger partial charge in [-0.3, -0.25) is 10.2 Å². The number of nitrogens with zero attached hydrogens (tertiary/aromatic N) is 1. The van der Waals surface area contributed by atoms with Crippen LogP contribution in [0.3, 0.4) is 0 Å². The summed E-state index contributed by atoms with van der Waals surface area (Å²) in [6, 6.07) is 12.3. The van der Waals surface area contributed by atoms with E-state index in [1.165, 1.54) is 12.1 Å². The molecule has 1 heterocycles. The zero-order chi connectivity index (χ0) is 22.9. The molecule has 2 N–H and O–H groups in total. The van der Waals surface area contributed by atoms with E-state index in [0.29, 0.717) is 35.6 Å². The SMILES string of the molecule is Cc1c(C(=O)Nc2ccc(I)cc2)oc2c1/C(=N/Nc1cccc(C(F)(F)F)c1)CCC2. The van der Waals surface area contributed by atoms with Gasteiger partial charge < -0.3 is 9.73 Å². The summed E-state index contributed by atoms with van der Waals surface area (Å²) in [6.45, 7) is 1.79. The Morgan fingerprint density at radius 1 is 1.09 bits per heavy atom. The van der Waals surface area contributed by atoms with E-state index in [0.717, 1.165) is 27.7 Å². The van der Waals surface area contributed by atoms with Gasteiger partial charge in [0, 0.05) is 26.8 Å². The van der Waals surface area contributed by atoms with Crippen LogP contribution in [0.2, 0.25) is 0 Å². The van der Waals surface area contributed by atoms with Crippen LogP contribution in [0.25, 0.3) is 0 Å². The number of hydrogen-bond acceptors (Lipinski definition) is 4. The maximum atomic E-state index is 13.0. The van der Waals surface area contributed by atoms with Crippen LogP contribution < -0.4 is 10.7 Å². The molecule has 1 aliphatic rings. The fourth-order valence-corrected chi connectivity index (χ4v) is 3.97. The number of furan rings is 1. The van der Waals surface area contributed by atoms with E-state index < -0.39 is 11.7 Å². The number of carbonyl (C=O) groups excluding carboxylic acids is 1. The van der Waals surface area contributed by atoms with Gasteiger partial charge in [0.2, 0.25) is 0 Å². The lowest BCUT2D eigenvalue weighted by Crippen LogP contribution is -2.14. The second-order valence-corrected chi connectivity index (χ2v) is 8.66. The summed E-state index contributed by atoms with van der Waals surface area (Å²) in [5.41, 5.74) is 4.91. The van der Waals surface area contributed by atoms with Crippen molar-refractivity contribution in [3.8, 4) is 0 Å². The highest BCUT2D eigenvalue weighted by molar-refractivity contribution is 14.1. The minimum atomic E-state index is -4.43. The van der Waals surface area contributed by atoms with Crippen LogP contribution in [0.5, 0.6) is 0 Å². The minimum absolute atomic E-state index is 0.210. The van der Waals surface area contributed by atoms with Crippen molar-refractivity contribution in [1.82, 2.24) is 0 Å². The first-order valence-electron chi connectivity index (χ1n) is 9.92. The summed E-state index contributed by atoms with van der Waals surface area (Å²) in [4.78, 5) is 12.8. The molecule has 0 aliphatic heterocycles. The van der Waals surface area contributed by atoms with Crippen LogP contribution >= 0.6 is 22.6 Å². The second-order valence-electron chi connectivity index (χ2n) is 7.42. The molecule has 0 unspecified atom stereocenters. The van der Waals surface area contributed by atoms with E-state index in [1.807, 2.05) is 24.3 Å². The highest BCUT2D eigenvalue weighted by Crippen LogP contribution is 2.32. The first kappa shape index (κ1) is 22.4. The lowest BCUT2D eigenvalue weighted by Gasteiger charge is -2.14. The van der Waals surface area contributed by atoms with Crippen LogP contribution in [0.4, 0.5) is 24.5 Å². The number of hydrazone groups is 1. The van der Waals surface area contributed by atoms with Crippen LogP contribution in [-0.2, 0) is 12.6 Å². The molecule has 32 heavy (non-hydrogen) atoms.